The molecule has 5 aromatic rings. The third-order valence-corrected chi connectivity index (χ3v) is 7.31. The van der Waals surface area contributed by atoms with Crippen LogP contribution in [0.15, 0.2) is 84.9 Å². The number of para-hydroxylation sites is 1. The molecule has 0 spiro atoms. The van der Waals surface area contributed by atoms with E-state index in [1.807, 2.05) is 0 Å². The monoisotopic (exact) mass is 415 g/mol. The Morgan fingerprint density at radius 1 is 0.719 bits per heavy atom. The van der Waals surface area contributed by atoms with Gasteiger partial charge in [-0.1, -0.05) is 107 Å². The van der Waals surface area contributed by atoms with E-state index in [4.69, 9.17) is 0 Å². The lowest BCUT2D eigenvalue weighted by molar-refractivity contribution is 0.585. The minimum absolute atomic E-state index is 0.0628. The highest BCUT2D eigenvalue weighted by Crippen LogP contribution is 2.55. The van der Waals surface area contributed by atoms with Crippen molar-refractivity contribution >= 4 is 21.7 Å². The largest absolute Gasteiger partial charge is 0.308 e. The lowest BCUT2D eigenvalue weighted by atomic mass is 9.78. The van der Waals surface area contributed by atoms with Crippen molar-refractivity contribution in [2.45, 2.75) is 45.4 Å². The second-order valence-electron chi connectivity index (χ2n) is 10.7. The molecule has 0 N–H and O–H groups in total. The standard InChI is InChI=1S/C31H29N/c1-30(2,3)21-16-18-24-26(19-21)31(4,5)27-25-17-15-20-11-9-10-14-23(20)28(25)32(29(24)27)22-12-7-6-8-13-22/h6-19H,1-5H3. The third-order valence-electron chi connectivity index (χ3n) is 7.31. The van der Waals surface area contributed by atoms with Crippen molar-refractivity contribution in [3.8, 4) is 16.9 Å². The van der Waals surface area contributed by atoms with Crippen LogP contribution in [-0.4, -0.2) is 4.57 Å². The van der Waals surface area contributed by atoms with Gasteiger partial charge in [0.25, 0.3) is 0 Å². The van der Waals surface area contributed by atoms with Gasteiger partial charge in [0.05, 0.1) is 11.2 Å². The normalized spacial score (nSPS) is 14.7. The van der Waals surface area contributed by atoms with E-state index in [-0.39, 0.29) is 10.8 Å². The molecule has 0 saturated carbocycles. The molecule has 0 fully saturated rings. The van der Waals surface area contributed by atoms with Crippen molar-refractivity contribution in [3.63, 3.8) is 0 Å². The summed E-state index contributed by atoms with van der Waals surface area (Å²) < 4.78 is 2.51. The average molecular weight is 416 g/mol. The van der Waals surface area contributed by atoms with Gasteiger partial charge < -0.3 is 4.57 Å². The molecule has 32 heavy (non-hydrogen) atoms. The van der Waals surface area contributed by atoms with Gasteiger partial charge in [-0.25, -0.2) is 0 Å². The fourth-order valence-corrected chi connectivity index (χ4v) is 5.64. The van der Waals surface area contributed by atoms with Gasteiger partial charge in [-0.15, -0.1) is 0 Å². The summed E-state index contributed by atoms with van der Waals surface area (Å²) in [4.78, 5) is 0. The smallest absolute Gasteiger partial charge is 0.0616 e. The van der Waals surface area contributed by atoms with Gasteiger partial charge in [0, 0.05) is 27.4 Å². The first-order valence-electron chi connectivity index (χ1n) is 11.6. The summed E-state index contributed by atoms with van der Waals surface area (Å²) >= 11 is 0. The van der Waals surface area contributed by atoms with Crippen LogP contribution in [-0.2, 0) is 10.8 Å². The fraction of sp³-hybridized carbons (Fsp3) is 0.226. The van der Waals surface area contributed by atoms with E-state index in [1.54, 1.807) is 0 Å². The van der Waals surface area contributed by atoms with Gasteiger partial charge in [0.15, 0.2) is 0 Å². The predicted octanol–water partition coefficient (Wildman–Crippen LogP) is 8.39. The highest BCUT2D eigenvalue weighted by Gasteiger charge is 2.41. The molecule has 0 saturated heterocycles. The Morgan fingerprint density at radius 2 is 1.44 bits per heavy atom. The van der Waals surface area contributed by atoms with Crippen molar-refractivity contribution in [2.75, 3.05) is 0 Å². The molecule has 1 heteroatoms. The second-order valence-corrected chi connectivity index (χ2v) is 10.7. The van der Waals surface area contributed by atoms with E-state index in [2.05, 4.69) is 124 Å². The molecule has 1 aliphatic rings. The summed E-state index contributed by atoms with van der Waals surface area (Å²) in [6, 6.07) is 31.4. The lowest BCUT2D eigenvalue weighted by Gasteiger charge is -2.25. The highest BCUT2D eigenvalue weighted by atomic mass is 15.0. The second kappa shape index (κ2) is 6.36. The molecule has 0 radical (unpaired) electrons. The molecule has 0 atom stereocenters. The molecule has 1 aromatic heterocycles. The van der Waals surface area contributed by atoms with Crippen LogP contribution < -0.4 is 0 Å². The quantitative estimate of drug-likeness (QED) is 0.259. The van der Waals surface area contributed by atoms with Crippen molar-refractivity contribution in [3.05, 3.63) is 102 Å². The molecular weight excluding hydrogens is 386 g/mol. The summed E-state index contributed by atoms with van der Waals surface area (Å²) in [6.45, 7) is 11.7. The topological polar surface area (TPSA) is 4.93 Å². The van der Waals surface area contributed by atoms with Crippen LogP contribution in [0.2, 0.25) is 0 Å². The van der Waals surface area contributed by atoms with Crippen LogP contribution in [0.1, 0.15) is 51.3 Å². The zero-order valence-corrected chi connectivity index (χ0v) is 19.5. The van der Waals surface area contributed by atoms with Gasteiger partial charge >= 0.3 is 0 Å². The molecule has 1 nitrogen and oxygen atoms in total. The molecule has 0 aliphatic heterocycles. The Kier molecular flexibility index (Phi) is 3.85. The maximum atomic E-state index is 2.51. The number of hydrogen-bond donors (Lipinski definition) is 0. The zero-order chi connectivity index (χ0) is 22.3. The van der Waals surface area contributed by atoms with E-state index < -0.39 is 0 Å². The molecule has 1 heterocycles. The zero-order valence-electron chi connectivity index (χ0n) is 19.5. The number of aromatic nitrogens is 1. The van der Waals surface area contributed by atoms with Gasteiger partial charge in [0.1, 0.15) is 0 Å². The summed E-state index contributed by atoms with van der Waals surface area (Å²) in [6.07, 6.45) is 0. The summed E-state index contributed by atoms with van der Waals surface area (Å²) in [5.74, 6) is 0. The minimum atomic E-state index is -0.0628. The molecule has 4 aromatic carbocycles. The summed E-state index contributed by atoms with van der Waals surface area (Å²) in [5, 5.41) is 3.96. The maximum absolute atomic E-state index is 2.51. The van der Waals surface area contributed by atoms with Crippen LogP contribution in [0, 0.1) is 0 Å². The molecular formula is C31H29N. The number of hydrogen-bond acceptors (Lipinski definition) is 0. The van der Waals surface area contributed by atoms with Crippen LogP contribution in [0.5, 0.6) is 0 Å². The Morgan fingerprint density at radius 3 is 2.19 bits per heavy atom. The Hall–Kier alpha value is -3.32. The molecule has 0 amide bonds. The van der Waals surface area contributed by atoms with E-state index in [9.17, 15) is 0 Å². The number of benzene rings is 4. The van der Waals surface area contributed by atoms with E-state index in [1.165, 1.54) is 55.3 Å². The van der Waals surface area contributed by atoms with Crippen LogP contribution >= 0.6 is 0 Å². The van der Waals surface area contributed by atoms with Crippen molar-refractivity contribution < 1.29 is 0 Å². The van der Waals surface area contributed by atoms with Crippen molar-refractivity contribution in [2.24, 2.45) is 0 Å². The first-order chi connectivity index (χ1) is 15.3. The summed E-state index contributed by atoms with van der Waals surface area (Å²) in [7, 11) is 0. The lowest BCUT2D eigenvalue weighted by Crippen LogP contribution is -2.17. The first-order valence-corrected chi connectivity index (χ1v) is 11.6. The van der Waals surface area contributed by atoms with Crippen LogP contribution in [0.4, 0.5) is 0 Å². The molecule has 0 bridgehead atoms. The van der Waals surface area contributed by atoms with Crippen molar-refractivity contribution in [1.82, 2.24) is 4.57 Å². The Bertz CT molecular complexity index is 1510. The molecule has 158 valence electrons. The van der Waals surface area contributed by atoms with E-state index in [0.717, 1.165) is 0 Å². The SMILES string of the molecule is CC(C)(C)c1ccc2c(c1)C(C)(C)c1c-2n(-c2ccccc2)c2c1ccc1ccccc12. The van der Waals surface area contributed by atoms with Gasteiger partial charge in [0.2, 0.25) is 0 Å². The summed E-state index contributed by atoms with van der Waals surface area (Å²) in [5.41, 5.74) is 9.60. The van der Waals surface area contributed by atoms with E-state index in [0.29, 0.717) is 0 Å². The molecule has 0 unspecified atom stereocenters. The van der Waals surface area contributed by atoms with Gasteiger partial charge in [-0.2, -0.15) is 0 Å². The van der Waals surface area contributed by atoms with E-state index >= 15 is 0 Å². The van der Waals surface area contributed by atoms with Crippen molar-refractivity contribution in [1.29, 1.82) is 0 Å². The fourth-order valence-electron chi connectivity index (χ4n) is 5.64. The Labute approximate surface area is 190 Å². The number of rotatable bonds is 1. The highest BCUT2D eigenvalue weighted by molar-refractivity contribution is 6.12. The molecule has 1 aliphatic carbocycles. The predicted molar refractivity (Wildman–Crippen MR) is 137 cm³/mol. The number of nitrogens with zero attached hydrogens (tertiary/aromatic N) is 1. The minimum Gasteiger partial charge on any atom is -0.308 e. The van der Waals surface area contributed by atoms with Gasteiger partial charge in [-0.05, 0) is 39.6 Å². The first kappa shape index (κ1) is 19.4. The third kappa shape index (κ3) is 2.51. The average Bonchev–Trinajstić information content (AvgIpc) is 3.25. The molecule has 6 rings (SSSR count). The maximum Gasteiger partial charge on any atom is 0.0616 e. The van der Waals surface area contributed by atoms with Crippen LogP contribution in [0.3, 0.4) is 0 Å². The van der Waals surface area contributed by atoms with Gasteiger partial charge in [-0.3, -0.25) is 0 Å². The Balaban J connectivity index is 1.81. The number of fused-ring (bicyclic) bond motifs is 7. The van der Waals surface area contributed by atoms with Crippen LogP contribution in [0.25, 0.3) is 38.6 Å².